The zero-order valence-electron chi connectivity index (χ0n) is 15.5. The molecule has 2 aromatic carbocycles. The second-order valence-electron chi connectivity index (χ2n) is 5.83. The lowest BCUT2D eigenvalue weighted by Gasteiger charge is -2.14. The number of amides is 1. The summed E-state index contributed by atoms with van der Waals surface area (Å²) in [6, 6.07) is 8.17. The number of carbonyl (C=O) groups is 1. The number of methoxy groups -OCH3 is 3. The van der Waals surface area contributed by atoms with Crippen LogP contribution in [0.5, 0.6) is 17.2 Å². The molecule has 0 fully saturated rings. The van der Waals surface area contributed by atoms with Crippen LogP contribution in [0.25, 0.3) is 11.0 Å². The molecule has 0 radical (unpaired) electrons. The van der Waals surface area contributed by atoms with E-state index in [4.69, 9.17) is 18.6 Å². The van der Waals surface area contributed by atoms with Gasteiger partial charge in [-0.3, -0.25) is 4.79 Å². The van der Waals surface area contributed by atoms with Crippen LogP contribution >= 0.6 is 0 Å². The van der Waals surface area contributed by atoms with E-state index in [1.165, 1.54) is 51.7 Å². The molecule has 0 aliphatic heterocycles. The van der Waals surface area contributed by atoms with Gasteiger partial charge in [-0.25, -0.2) is 9.18 Å². The Morgan fingerprint density at radius 2 is 1.71 bits per heavy atom. The van der Waals surface area contributed by atoms with Gasteiger partial charge in [-0.15, -0.1) is 0 Å². The summed E-state index contributed by atoms with van der Waals surface area (Å²) in [7, 11) is 4.37. The van der Waals surface area contributed by atoms with Gasteiger partial charge in [0.2, 0.25) is 5.75 Å². The van der Waals surface area contributed by atoms with Crippen LogP contribution in [0.15, 0.2) is 45.6 Å². The molecule has 3 rings (SSSR count). The van der Waals surface area contributed by atoms with E-state index in [1.54, 1.807) is 0 Å². The number of ether oxygens (including phenoxy) is 3. The number of hydrogen-bond donors (Lipinski definition) is 1. The van der Waals surface area contributed by atoms with E-state index in [2.05, 4.69) is 5.32 Å². The molecule has 8 heteroatoms. The predicted molar refractivity (Wildman–Crippen MR) is 99.7 cm³/mol. The van der Waals surface area contributed by atoms with Crippen LogP contribution in [-0.2, 0) is 6.54 Å². The maximum absolute atomic E-state index is 13.4. The molecule has 1 N–H and O–H groups in total. The van der Waals surface area contributed by atoms with Crippen molar-refractivity contribution in [1.29, 1.82) is 0 Å². The minimum absolute atomic E-state index is 0.0449. The van der Waals surface area contributed by atoms with E-state index in [9.17, 15) is 14.0 Å². The third-order valence-electron chi connectivity index (χ3n) is 4.16. The summed E-state index contributed by atoms with van der Waals surface area (Å²) in [6.07, 6.45) is 0. The normalized spacial score (nSPS) is 10.6. The van der Waals surface area contributed by atoms with Crippen molar-refractivity contribution in [2.75, 3.05) is 21.3 Å². The van der Waals surface area contributed by atoms with Crippen LogP contribution in [-0.4, -0.2) is 27.2 Å². The summed E-state index contributed by atoms with van der Waals surface area (Å²) in [5.41, 5.74) is 0.277. The lowest BCUT2D eigenvalue weighted by molar-refractivity contribution is 0.0950. The van der Waals surface area contributed by atoms with Gasteiger partial charge in [0.1, 0.15) is 11.4 Å². The van der Waals surface area contributed by atoms with E-state index in [-0.39, 0.29) is 17.7 Å². The van der Waals surface area contributed by atoms with E-state index in [1.807, 2.05) is 0 Å². The van der Waals surface area contributed by atoms with E-state index in [0.717, 1.165) is 6.07 Å². The average Bonchev–Trinajstić information content (AvgIpc) is 2.69. The quantitative estimate of drug-likeness (QED) is 0.655. The molecule has 1 aromatic heterocycles. The number of fused-ring (bicyclic) bond motifs is 1. The SMILES string of the molecule is COc1cc(C(=O)NCc2cc(=O)oc3cc(F)ccc23)cc(OC)c1OC. The number of rotatable bonds is 6. The van der Waals surface area contributed by atoms with Gasteiger partial charge in [-0.2, -0.15) is 0 Å². The minimum Gasteiger partial charge on any atom is -0.493 e. The Morgan fingerprint density at radius 3 is 2.32 bits per heavy atom. The fourth-order valence-corrected chi connectivity index (χ4v) is 2.84. The van der Waals surface area contributed by atoms with E-state index in [0.29, 0.717) is 28.2 Å². The second-order valence-corrected chi connectivity index (χ2v) is 5.83. The van der Waals surface area contributed by atoms with Gasteiger partial charge in [0.25, 0.3) is 5.91 Å². The highest BCUT2D eigenvalue weighted by Gasteiger charge is 2.17. The molecule has 0 unspecified atom stereocenters. The van der Waals surface area contributed by atoms with Crippen molar-refractivity contribution in [3.05, 3.63) is 63.8 Å². The summed E-state index contributed by atoms with van der Waals surface area (Å²) in [5.74, 6) is 0.119. The fraction of sp³-hybridized carbons (Fsp3) is 0.200. The zero-order chi connectivity index (χ0) is 20.3. The van der Waals surface area contributed by atoms with Gasteiger partial charge in [-0.05, 0) is 29.8 Å². The van der Waals surface area contributed by atoms with Crippen molar-refractivity contribution in [3.8, 4) is 17.2 Å². The van der Waals surface area contributed by atoms with Crippen LogP contribution in [0, 0.1) is 5.82 Å². The summed E-state index contributed by atoms with van der Waals surface area (Å²) < 4.78 is 34.1. The fourth-order valence-electron chi connectivity index (χ4n) is 2.84. The number of halogens is 1. The third kappa shape index (κ3) is 3.75. The van der Waals surface area contributed by atoms with Crippen LogP contribution in [0.4, 0.5) is 4.39 Å². The monoisotopic (exact) mass is 387 g/mol. The first kappa shape index (κ1) is 19.2. The molecule has 0 aliphatic rings. The molecule has 0 aliphatic carbocycles. The van der Waals surface area contributed by atoms with Gasteiger partial charge >= 0.3 is 5.63 Å². The largest absolute Gasteiger partial charge is 0.493 e. The highest BCUT2D eigenvalue weighted by atomic mass is 19.1. The Balaban J connectivity index is 1.89. The second kappa shape index (κ2) is 7.99. The third-order valence-corrected chi connectivity index (χ3v) is 4.16. The van der Waals surface area contributed by atoms with Crippen LogP contribution < -0.4 is 25.2 Å². The molecule has 1 heterocycles. The molecule has 0 spiro atoms. The average molecular weight is 387 g/mol. The van der Waals surface area contributed by atoms with Crippen molar-refractivity contribution in [3.63, 3.8) is 0 Å². The van der Waals surface area contributed by atoms with Crippen LogP contribution in [0.2, 0.25) is 0 Å². The van der Waals surface area contributed by atoms with Gasteiger partial charge < -0.3 is 23.9 Å². The van der Waals surface area contributed by atoms with Gasteiger partial charge in [0, 0.05) is 29.6 Å². The Bertz CT molecular complexity index is 1070. The maximum Gasteiger partial charge on any atom is 0.336 e. The Hall–Kier alpha value is -3.55. The van der Waals surface area contributed by atoms with Crippen LogP contribution in [0.1, 0.15) is 15.9 Å². The van der Waals surface area contributed by atoms with E-state index >= 15 is 0 Å². The Morgan fingerprint density at radius 1 is 1.04 bits per heavy atom. The molecule has 3 aromatic rings. The first-order valence-electron chi connectivity index (χ1n) is 8.27. The van der Waals surface area contributed by atoms with Crippen molar-refractivity contribution in [1.82, 2.24) is 5.32 Å². The minimum atomic E-state index is -0.630. The summed E-state index contributed by atoms with van der Waals surface area (Å²) in [4.78, 5) is 24.3. The number of nitrogens with one attached hydrogen (secondary N) is 1. The number of benzene rings is 2. The smallest absolute Gasteiger partial charge is 0.336 e. The van der Waals surface area contributed by atoms with Crippen molar-refractivity contribution >= 4 is 16.9 Å². The van der Waals surface area contributed by atoms with E-state index < -0.39 is 17.3 Å². The van der Waals surface area contributed by atoms with Crippen molar-refractivity contribution in [2.45, 2.75) is 6.54 Å². The lowest BCUT2D eigenvalue weighted by atomic mass is 10.1. The highest BCUT2D eigenvalue weighted by molar-refractivity contribution is 5.96. The summed E-state index contributed by atoms with van der Waals surface area (Å²) in [5, 5.41) is 3.26. The highest BCUT2D eigenvalue weighted by Crippen LogP contribution is 2.38. The van der Waals surface area contributed by atoms with Gasteiger partial charge in [0.05, 0.1) is 21.3 Å². The number of carbonyl (C=O) groups excluding carboxylic acids is 1. The van der Waals surface area contributed by atoms with Crippen LogP contribution in [0.3, 0.4) is 0 Å². The Labute approximate surface area is 159 Å². The molecule has 0 saturated heterocycles. The standard InChI is InChI=1S/C20H18FNO6/c1-25-16-6-11(7-17(26-2)19(16)27-3)20(24)22-10-12-8-18(23)28-15-9-13(21)4-5-14(12)15/h4-9H,10H2,1-3H3,(H,22,24). The topological polar surface area (TPSA) is 87.0 Å². The van der Waals surface area contributed by atoms with Gasteiger partial charge in [0.15, 0.2) is 11.5 Å². The first-order valence-corrected chi connectivity index (χ1v) is 8.27. The molecular formula is C20H18FNO6. The molecule has 0 bridgehead atoms. The maximum atomic E-state index is 13.4. The lowest BCUT2D eigenvalue weighted by Crippen LogP contribution is -2.23. The zero-order valence-corrected chi connectivity index (χ0v) is 15.5. The van der Waals surface area contributed by atoms with Gasteiger partial charge in [-0.1, -0.05) is 0 Å². The van der Waals surface area contributed by atoms with Crippen molar-refractivity contribution in [2.24, 2.45) is 0 Å². The Kier molecular flexibility index (Phi) is 5.49. The first-order chi connectivity index (χ1) is 13.5. The molecule has 28 heavy (non-hydrogen) atoms. The molecule has 146 valence electrons. The summed E-state index contributed by atoms with van der Waals surface area (Å²) in [6.45, 7) is 0.0449. The molecule has 7 nitrogen and oxygen atoms in total. The number of hydrogen-bond acceptors (Lipinski definition) is 6. The molecular weight excluding hydrogens is 369 g/mol. The molecule has 0 atom stereocenters. The van der Waals surface area contributed by atoms with Crippen molar-refractivity contribution < 1.29 is 27.8 Å². The molecule has 0 saturated carbocycles. The predicted octanol–water partition coefficient (Wildman–Crippen LogP) is 2.89. The summed E-state index contributed by atoms with van der Waals surface area (Å²) >= 11 is 0. The molecule has 1 amide bonds.